The van der Waals surface area contributed by atoms with Crippen LogP contribution < -0.4 is 0 Å². The molecule has 1 saturated heterocycles. The zero-order valence-electron chi connectivity index (χ0n) is 16.0. The molecule has 0 saturated carbocycles. The lowest BCUT2D eigenvalue weighted by molar-refractivity contribution is -0.131. The van der Waals surface area contributed by atoms with Crippen molar-refractivity contribution in [2.75, 3.05) is 6.54 Å². The van der Waals surface area contributed by atoms with Crippen LogP contribution in [0.3, 0.4) is 0 Å². The Balaban J connectivity index is 1.51. The zero-order valence-corrected chi connectivity index (χ0v) is 16.0. The Labute approximate surface area is 163 Å². The highest BCUT2D eigenvalue weighted by molar-refractivity contribution is 5.79. The second-order valence-corrected chi connectivity index (χ2v) is 7.22. The fourth-order valence-corrected chi connectivity index (χ4v) is 3.90. The van der Waals surface area contributed by atoms with Gasteiger partial charge in [-0.25, -0.2) is 4.39 Å². The molecule has 5 nitrogen and oxygen atoms in total. The maximum absolute atomic E-state index is 13.1. The summed E-state index contributed by atoms with van der Waals surface area (Å²) in [6.45, 7) is 4.51. The van der Waals surface area contributed by atoms with Crippen LogP contribution in [0.25, 0.3) is 11.1 Å². The Morgan fingerprint density at radius 3 is 2.64 bits per heavy atom. The van der Waals surface area contributed by atoms with E-state index in [4.69, 9.17) is 4.52 Å². The topological polar surface area (TPSA) is 59.2 Å². The van der Waals surface area contributed by atoms with Crippen molar-refractivity contribution in [1.82, 2.24) is 15.0 Å². The summed E-state index contributed by atoms with van der Waals surface area (Å²) in [5.41, 5.74) is 4.47. The van der Waals surface area contributed by atoms with E-state index in [2.05, 4.69) is 10.1 Å². The lowest BCUT2D eigenvalue weighted by Gasteiger charge is -2.24. The number of benzene rings is 1. The van der Waals surface area contributed by atoms with Crippen LogP contribution in [0.15, 0.2) is 47.1 Å². The molecule has 0 radical (unpaired) electrons. The Morgan fingerprint density at radius 1 is 1.21 bits per heavy atom. The molecule has 1 aliphatic rings. The van der Waals surface area contributed by atoms with Crippen LogP contribution in [-0.4, -0.2) is 27.5 Å². The van der Waals surface area contributed by atoms with Crippen molar-refractivity contribution in [2.45, 2.75) is 39.2 Å². The molecule has 2 aromatic heterocycles. The molecule has 1 fully saturated rings. The Bertz CT molecular complexity index is 961. The van der Waals surface area contributed by atoms with Gasteiger partial charge in [-0.05, 0) is 50.5 Å². The van der Waals surface area contributed by atoms with Gasteiger partial charge in [0.2, 0.25) is 5.91 Å². The minimum Gasteiger partial charge on any atom is -0.361 e. The molecule has 1 atom stereocenters. The third-order valence-corrected chi connectivity index (χ3v) is 5.29. The normalized spacial score (nSPS) is 16.5. The second kappa shape index (κ2) is 7.54. The summed E-state index contributed by atoms with van der Waals surface area (Å²) < 4.78 is 18.3. The quantitative estimate of drug-likeness (QED) is 0.674. The monoisotopic (exact) mass is 379 g/mol. The average Bonchev–Trinajstić information content (AvgIpc) is 3.31. The van der Waals surface area contributed by atoms with E-state index in [1.165, 1.54) is 12.1 Å². The molecule has 0 bridgehead atoms. The molecule has 0 N–H and O–H groups in total. The maximum Gasteiger partial charge on any atom is 0.227 e. The van der Waals surface area contributed by atoms with Crippen LogP contribution >= 0.6 is 0 Å². The van der Waals surface area contributed by atoms with Gasteiger partial charge in [-0.2, -0.15) is 0 Å². The van der Waals surface area contributed by atoms with Crippen molar-refractivity contribution < 1.29 is 13.7 Å². The van der Waals surface area contributed by atoms with Gasteiger partial charge in [-0.15, -0.1) is 0 Å². The van der Waals surface area contributed by atoms with Gasteiger partial charge in [0.15, 0.2) is 0 Å². The number of carbonyl (C=O) groups excluding carboxylic acids is 1. The fourth-order valence-electron chi connectivity index (χ4n) is 3.90. The number of carbonyl (C=O) groups is 1. The third-order valence-electron chi connectivity index (χ3n) is 5.29. The molecule has 3 heterocycles. The van der Waals surface area contributed by atoms with Gasteiger partial charge < -0.3 is 9.42 Å². The van der Waals surface area contributed by atoms with E-state index in [0.717, 1.165) is 53.2 Å². The number of pyridine rings is 1. The first-order chi connectivity index (χ1) is 13.5. The number of rotatable bonds is 4. The molecule has 1 amide bonds. The number of aryl methyl sites for hydroxylation is 2. The molecule has 4 rings (SSSR count). The SMILES string of the molecule is Cc1noc(C)c1-c1ccc([C@@H]2CCCN2C(=O)Cc2ccc(F)cc2)nc1. The predicted octanol–water partition coefficient (Wildman–Crippen LogP) is 4.40. The van der Waals surface area contributed by atoms with Gasteiger partial charge in [0.25, 0.3) is 0 Å². The number of nitrogens with zero attached hydrogens (tertiary/aromatic N) is 3. The van der Waals surface area contributed by atoms with Crippen molar-refractivity contribution >= 4 is 5.91 Å². The van der Waals surface area contributed by atoms with Gasteiger partial charge in [-0.3, -0.25) is 9.78 Å². The smallest absolute Gasteiger partial charge is 0.227 e. The number of amides is 1. The summed E-state index contributed by atoms with van der Waals surface area (Å²) in [4.78, 5) is 19.3. The number of aromatic nitrogens is 2. The minimum atomic E-state index is -0.294. The van der Waals surface area contributed by atoms with E-state index >= 15 is 0 Å². The molecule has 3 aromatic rings. The van der Waals surface area contributed by atoms with Crippen LogP contribution in [0, 0.1) is 19.7 Å². The molecule has 0 unspecified atom stereocenters. The van der Waals surface area contributed by atoms with E-state index in [1.54, 1.807) is 12.1 Å². The molecular formula is C22H22FN3O2. The highest BCUT2D eigenvalue weighted by Gasteiger charge is 2.30. The van der Waals surface area contributed by atoms with Crippen LogP contribution in [0.1, 0.15) is 41.6 Å². The van der Waals surface area contributed by atoms with Gasteiger partial charge in [0.05, 0.1) is 23.9 Å². The first-order valence-electron chi connectivity index (χ1n) is 9.46. The van der Waals surface area contributed by atoms with Gasteiger partial charge in [0, 0.05) is 23.9 Å². The third kappa shape index (κ3) is 3.54. The molecule has 6 heteroatoms. The fraction of sp³-hybridized carbons (Fsp3) is 0.318. The molecular weight excluding hydrogens is 357 g/mol. The standard InChI is InChI=1S/C22H22FN3O2/c1-14-22(15(2)28-25-14)17-7-10-19(24-13-17)20-4-3-11-26(20)21(27)12-16-5-8-18(23)9-6-16/h5-10,13,20H,3-4,11-12H2,1-2H3/t20-/m0/s1. The van der Waals surface area contributed by atoms with E-state index in [1.807, 2.05) is 37.1 Å². The van der Waals surface area contributed by atoms with Crippen molar-refractivity contribution in [1.29, 1.82) is 0 Å². The Hall–Kier alpha value is -3.02. The summed E-state index contributed by atoms with van der Waals surface area (Å²) in [7, 11) is 0. The van der Waals surface area contributed by atoms with Gasteiger partial charge in [-0.1, -0.05) is 23.4 Å². The number of hydrogen-bond donors (Lipinski definition) is 0. The van der Waals surface area contributed by atoms with E-state index in [0.29, 0.717) is 0 Å². The van der Waals surface area contributed by atoms with Crippen molar-refractivity contribution in [3.63, 3.8) is 0 Å². The maximum atomic E-state index is 13.1. The lowest BCUT2D eigenvalue weighted by Crippen LogP contribution is -2.32. The molecule has 144 valence electrons. The van der Waals surface area contributed by atoms with Crippen LogP contribution in [0.2, 0.25) is 0 Å². The van der Waals surface area contributed by atoms with Crippen molar-refractivity contribution in [2.24, 2.45) is 0 Å². The zero-order chi connectivity index (χ0) is 19.7. The summed E-state index contributed by atoms with van der Waals surface area (Å²) in [6.07, 6.45) is 3.94. The first-order valence-corrected chi connectivity index (χ1v) is 9.46. The lowest BCUT2D eigenvalue weighted by atomic mass is 10.0. The van der Waals surface area contributed by atoms with Crippen LogP contribution in [0.4, 0.5) is 4.39 Å². The van der Waals surface area contributed by atoms with Crippen molar-refractivity contribution in [3.05, 3.63) is 71.1 Å². The number of halogens is 1. The Kier molecular flexibility index (Phi) is 4.94. The Morgan fingerprint density at radius 2 is 2.00 bits per heavy atom. The second-order valence-electron chi connectivity index (χ2n) is 7.22. The van der Waals surface area contributed by atoms with Gasteiger partial charge >= 0.3 is 0 Å². The van der Waals surface area contributed by atoms with E-state index in [-0.39, 0.29) is 24.2 Å². The summed E-state index contributed by atoms with van der Waals surface area (Å²) >= 11 is 0. The predicted molar refractivity (Wildman–Crippen MR) is 103 cm³/mol. The van der Waals surface area contributed by atoms with Crippen molar-refractivity contribution in [3.8, 4) is 11.1 Å². The summed E-state index contributed by atoms with van der Waals surface area (Å²) in [5, 5.41) is 3.99. The minimum absolute atomic E-state index is 0.0216. The van der Waals surface area contributed by atoms with E-state index < -0.39 is 0 Å². The average molecular weight is 379 g/mol. The van der Waals surface area contributed by atoms with Gasteiger partial charge in [0.1, 0.15) is 11.6 Å². The molecule has 0 spiro atoms. The molecule has 0 aliphatic carbocycles. The molecule has 1 aromatic carbocycles. The number of hydrogen-bond acceptors (Lipinski definition) is 4. The largest absolute Gasteiger partial charge is 0.361 e. The first kappa shape index (κ1) is 18.3. The van der Waals surface area contributed by atoms with Crippen LogP contribution in [0.5, 0.6) is 0 Å². The summed E-state index contributed by atoms with van der Waals surface area (Å²) in [6, 6.07) is 10.1. The van der Waals surface area contributed by atoms with E-state index in [9.17, 15) is 9.18 Å². The highest BCUT2D eigenvalue weighted by Crippen LogP contribution is 2.33. The highest BCUT2D eigenvalue weighted by atomic mass is 19.1. The van der Waals surface area contributed by atoms with Crippen LogP contribution in [-0.2, 0) is 11.2 Å². The molecule has 1 aliphatic heterocycles. The number of likely N-dealkylation sites (tertiary alicyclic amines) is 1. The summed E-state index contributed by atoms with van der Waals surface area (Å²) in [5.74, 6) is 0.521. The molecule has 28 heavy (non-hydrogen) atoms.